The van der Waals surface area contributed by atoms with E-state index in [1.165, 1.54) is 0 Å². The minimum atomic E-state index is -1.68. The number of fused-ring (bicyclic) bond motifs is 1. The lowest BCUT2D eigenvalue weighted by Crippen LogP contribution is -2.40. The van der Waals surface area contributed by atoms with Crippen LogP contribution in [-0.4, -0.2) is 31.9 Å². The Hall–Kier alpha value is -5.43. The van der Waals surface area contributed by atoms with Crippen molar-refractivity contribution in [1.29, 1.82) is 0 Å². The van der Waals surface area contributed by atoms with Crippen LogP contribution in [0.5, 0.6) is 11.5 Å². The summed E-state index contributed by atoms with van der Waals surface area (Å²) in [5.41, 5.74) is 3.44. The molecule has 7 heteroatoms. The summed E-state index contributed by atoms with van der Waals surface area (Å²) < 4.78 is 22.3. The van der Waals surface area contributed by atoms with E-state index in [1.54, 1.807) is 38.5 Å². The number of benzene rings is 4. The number of allylic oxidation sites excluding steroid dienone is 4. The van der Waals surface area contributed by atoms with Crippen molar-refractivity contribution in [3.05, 3.63) is 143 Å². The highest BCUT2D eigenvalue weighted by Crippen LogP contribution is 2.56. The first kappa shape index (κ1) is 29.6. The van der Waals surface area contributed by atoms with Gasteiger partial charge in [0.15, 0.2) is 11.2 Å². The third kappa shape index (κ3) is 5.77. The number of rotatable bonds is 10. The lowest BCUT2D eigenvalue weighted by molar-refractivity contribution is -0.173. The summed E-state index contributed by atoms with van der Waals surface area (Å²) in [5, 5.41) is 0. The zero-order chi connectivity index (χ0) is 31.4. The molecule has 2 aliphatic carbocycles. The molecule has 0 aromatic heterocycles. The van der Waals surface area contributed by atoms with Crippen LogP contribution < -0.4 is 9.47 Å². The monoisotopic (exact) mass is 600 g/mol. The molecule has 0 aliphatic heterocycles. The molecule has 0 N–H and O–H groups in total. The van der Waals surface area contributed by atoms with Crippen LogP contribution in [0.1, 0.15) is 35.1 Å². The Bertz CT molecular complexity index is 1650. The van der Waals surface area contributed by atoms with Crippen molar-refractivity contribution in [3.63, 3.8) is 0 Å². The van der Waals surface area contributed by atoms with E-state index in [0.29, 0.717) is 44.9 Å². The fourth-order valence-corrected chi connectivity index (χ4v) is 5.98. The van der Waals surface area contributed by atoms with Crippen molar-refractivity contribution in [1.82, 2.24) is 0 Å². The number of ketones is 1. The van der Waals surface area contributed by atoms with E-state index in [2.05, 4.69) is 0 Å². The molecule has 226 valence electrons. The van der Waals surface area contributed by atoms with Gasteiger partial charge in [-0.1, -0.05) is 84.9 Å². The summed E-state index contributed by atoms with van der Waals surface area (Å²) in [6, 6.07) is 33.0. The molecule has 45 heavy (non-hydrogen) atoms. The summed E-state index contributed by atoms with van der Waals surface area (Å²) in [6.45, 7) is 0.00216. The van der Waals surface area contributed by atoms with Gasteiger partial charge < -0.3 is 18.9 Å². The van der Waals surface area contributed by atoms with Gasteiger partial charge in [0.25, 0.3) is 0 Å². The van der Waals surface area contributed by atoms with Gasteiger partial charge >= 0.3 is 11.9 Å². The first-order valence-electron chi connectivity index (χ1n) is 14.7. The van der Waals surface area contributed by atoms with E-state index in [-0.39, 0.29) is 31.8 Å². The lowest BCUT2D eigenvalue weighted by Gasteiger charge is -2.25. The Labute approximate surface area is 261 Å². The first-order chi connectivity index (χ1) is 21.9. The molecule has 2 aliphatic rings. The molecule has 7 nitrogen and oxygen atoms in total. The highest BCUT2D eigenvalue weighted by molar-refractivity contribution is 6.47. The normalized spacial score (nSPS) is 15.1. The number of hydrogen-bond acceptors (Lipinski definition) is 7. The molecule has 0 radical (unpaired) electrons. The lowest BCUT2D eigenvalue weighted by atomic mass is 9.83. The van der Waals surface area contributed by atoms with Crippen molar-refractivity contribution >= 4 is 28.9 Å². The predicted octanol–water partition coefficient (Wildman–Crippen LogP) is 6.76. The van der Waals surface area contributed by atoms with Crippen LogP contribution in [0.3, 0.4) is 0 Å². The van der Waals surface area contributed by atoms with Crippen LogP contribution in [0.25, 0.3) is 11.1 Å². The molecular weight excluding hydrogens is 568 g/mol. The van der Waals surface area contributed by atoms with Crippen molar-refractivity contribution in [2.45, 2.75) is 26.1 Å². The van der Waals surface area contributed by atoms with E-state index >= 15 is 0 Å². The number of carbonyl (C=O) groups excluding carboxylic acids is 3. The van der Waals surface area contributed by atoms with E-state index in [0.717, 1.165) is 11.1 Å². The summed E-state index contributed by atoms with van der Waals surface area (Å²) >= 11 is 0. The van der Waals surface area contributed by atoms with Crippen molar-refractivity contribution in [3.8, 4) is 11.5 Å². The number of Topliss-reactive ketones (excluding diaryl/α,β-unsaturated/α-hetero) is 1. The second-order valence-electron chi connectivity index (χ2n) is 11.1. The summed E-state index contributed by atoms with van der Waals surface area (Å²) in [4.78, 5) is 42.3. The Balaban J connectivity index is 1.44. The van der Waals surface area contributed by atoms with Crippen molar-refractivity contribution in [2.75, 3.05) is 14.2 Å². The summed E-state index contributed by atoms with van der Waals surface area (Å²) in [5.74, 6) is -0.246. The van der Waals surface area contributed by atoms with E-state index in [1.807, 2.05) is 84.9 Å². The van der Waals surface area contributed by atoms with E-state index in [9.17, 15) is 14.4 Å². The highest BCUT2D eigenvalue weighted by Gasteiger charge is 2.57. The van der Waals surface area contributed by atoms with E-state index in [4.69, 9.17) is 18.9 Å². The topological polar surface area (TPSA) is 88.1 Å². The van der Waals surface area contributed by atoms with Crippen LogP contribution in [0.15, 0.2) is 120 Å². The molecule has 0 saturated heterocycles. The standard InChI is InChI=1S/C38H32O7/c1-42-29-17-13-27(14-18-29)33-31-21-38(36(40)44-23-25-9-5-3-6-10-25,37(41)45-24-26-11-7-4-8-12-26)22-32(31)34(35(33)39)28-15-19-30(43-2)20-16-28/h3-20H,21-24H2,1-2H3. The molecule has 0 atom stereocenters. The SMILES string of the molecule is COc1ccc(C2=C3CC(C(=O)OCc4ccccc4)(C(=O)OCc4ccccc4)CC3=C(c3ccc(OC)cc3)C2=O)cc1. The maximum atomic E-state index is 14.2. The zero-order valence-electron chi connectivity index (χ0n) is 25.1. The Kier molecular flexibility index (Phi) is 8.34. The molecule has 4 aromatic carbocycles. The van der Waals surface area contributed by atoms with Crippen molar-refractivity contribution < 1.29 is 33.3 Å². The first-order valence-corrected chi connectivity index (χ1v) is 14.7. The quantitative estimate of drug-likeness (QED) is 0.147. The molecular formula is C38H32O7. The second-order valence-corrected chi connectivity index (χ2v) is 11.1. The Morgan fingerprint density at radius 3 is 1.31 bits per heavy atom. The minimum Gasteiger partial charge on any atom is -0.497 e. The molecule has 1 saturated carbocycles. The summed E-state index contributed by atoms with van der Waals surface area (Å²) in [6.07, 6.45) is -0.0628. The largest absolute Gasteiger partial charge is 0.497 e. The zero-order valence-corrected chi connectivity index (χ0v) is 25.1. The van der Waals surface area contributed by atoms with Gasteiger partial charge in [0.2, 0.25) is 0 Å². The third-order valence-electron chi connectivity index (χ3n) is 8.34. The molecule has 0 heterocycles. The van der Waals surface area contributed by atoms with Gasteiger partial charge in [-0.25, -0.2) is 0 Å². The second kappa shape index (κ2) is 12.7. The number of hydrogen-bond donors (Lipinski definition) is 0. The fourth-order valence-electron chi connectivity index (χ4n) is 5.98. The smallest absolute Gasteiger partial charge is 0.324 e. The molecule has 0 spiro atoms. The highest BCUT2D eigenvalue weighted by atomic mass is 16.6. The van der Waals surface area contributed by atoms with Gasteiger partial charge in [-0.2, -0.15) is 0 Å². The summed E-state index contributed by atoms with van der Waals surface area (Å²) in [7, 11) is 3.15. The van der Waals surface area contributed by atoms with Gasteiger partial charge in [-0.15, -0.1) is 0 Å². The number of methoxy groups -OCH3 is 2. The van der Waals surface area contributed by atoms with Gasteiger partial charge in [0, 0.05) is 24.0 Å². The molecule has 0 unspecified atom stereocenters. The fraction of sp³-hybridized carbons (Fsp3) is 0.184. The molecule has 0 bridgehead atoms. The van der Waals surface area contributed by atoms with Crippen LogP contribution in [0.4, 0.5) is 0 Å². The maximum absolute atomic E-state index is 14.2. The van der Waals surface area contributed by atoms with Crippen LogP contribution in [0.2, 0.25) is 0 Å². The number of carbonyl (C=O) groups is 3. The van der Waals surface area contributed by atoms with Crippen LogP contribution in [0, 0.1) is 5.41 Å². The van der Waals surface area contributed by atoms with Crippen molar-refractivity contribution in [2.24, 2.45) is 5.41 Å². The molecule has 0 amide bonds. The third-order valence-corrected chi connectivity index (χ3v) is 8.34. The van der Waals surface area contributed by atoms with Gasteiger partial charge in [0.05, 0.1) is 14.2 Å². The minimum absolute atomic E-state index is 0.00108. The van der Waals surface area contributed by atoms with Gasteiger partial charge in [-0.05, 0) is 57.7 Å². The maximum Gasteiger partial charge on any atom is 0.324 e. The Morgan fingerprint density at radius 2 is 0.956 bits per heavy atom. The molecule has 6 rings (SSSR count). The number of esters is 2. The average molecular weight is 601 g/mol. The van der Waals surface area contributed by atoms with E-state index < -0.39 is 17.4 Å². The van der Waals surface area contributed by atoms with Gasteiger partial charge in [0.1, 0.15) is 24.7 Å². The Morgan fingerprint density at radius 1 is 0.578 bits per heavy atom. The molecule has 1 fully saturated rings. The number of ether oxygens (including phenoxy) is 4. The molecule has 4 aromatic rings. The van der Waals surface area contributed by atoms with Crippen LogP contribution in [-0.2, 0) is 37.1 Å². The average Bonchev–Trinajstić information content (AvgIpc) is 3.60. The van der Waals surface area contributed by atoms with Crippen LogP contribution >= 0.6 is 0 Å². The predicted molar refractivity (Wildman–Crippen MR) is 169 cm³/mol. The van der Waals surface area contributed by atoms with Gasteiger partial charge in [-0.3, -0.25) is 14.4 Å².